The van der Waals surface area contributed by atoms with E-state index in [2.05, 4.69) is 27.3 Å². The second kappa shape index (κ2) is 7.07. The van der Waals surface area contributed by atoms with E-state index < -0.39 is 0 Å². The first-order valence-electron chi connectivity index (χ1n) is 11.5. The molecule has 2 aromatic rings. The molecule has 1 aromatic heterocycles. The number of aryl methyl sites for hydroxylation is 1. The molecule has 1 atom stereocenters. The van der Waals surface area contributed by atoms with Crippen LogP contribution < -0.4 is 19.9 Å². The van der Waals surface area contributed by atoms with E-state index in [-0.39, 0.29) is 18.8 Å². The Kier molecular flexibility index (Phi) is 4.37. The van der Waals surface area contributed by atoms with Crippen LogP contribution in [0.5, 0.6) is 5.75 Å². The zero-order valence-electron chi connectivity index (χ0n) is 18.5. The summed E-state index contributed by atoms with van der Waals surface area (Å²) < 4.78 is 5.67. The van der Waals surface area contributed by atoms with Crippen molar-refractivity contribution in [3.8, 4) is 5.75 Å². The molecule has 1 spiro atoms. The Morgan fingerprint density at radius 3 is 2.88 bits per heavy atom. The number of likely N-dealkylation sites (N-methyl/N-ethyl adjacent to an activating group) is 1. The van der Waals surface area contributed by atoms with Gasteiger partial charge >= 0.3 is 0 Å². The number of nitrogens with zero attached hydrogens (tertiary/aromatic N) is 4. The normalized spacial score (nSPS) is 29.8. The first-order valence-corrected chi connectivity index (χ1v) is 11.5. The predicted molar refractivity (Wildman–Crippen MR) is 122 cm³/mol. The number of carbonyl (C=O) groups excluding carboxylic acids is 1. The smallest absolute Gasteiger partial charge is 0.229 e. The van der Waals surface area contributed by atoms with Gasteiger partial charge in [-0.2, -0.15) is 4.98 Å². The number of hydrogen-bond acceptors (Lipinski definition) is 8. The maximum Gasteiger partial charge on any atom is 0.229 e. The number of benzene rings is 1. The molecule has 4 aliphatic rings. The minimum Gasteiger partial charge on any atom is -0.493 e. The minimum absolute atomic E-state index is 0.287. The van der Waals surface area contributed by atoms with Gasteiger partial charge in [-0.15, -0.1) is 0 Å². The summed E-state index contributed by atoms with van der Waals surface area (Å²) in [7, 11) is 1.93. The van der Waals surface area contributed by atoms with Crippen molar-refractivity contribution >= 4 is 29.4 Å². The van der Waals surface area contributed by atoms with E-state index in [9.17, 15) is 9.90 Å². The minimum atomic E-state index is -0.357. The van der Waals surface area contributed by atoms with Crippen molar-refractivity contribution in [1.82, 2.24) is 9.97 Å². The number of aromatic nitrogens is 2. The van der Waals surface area contributed by atoms with E-state index in [0.29, 0.717) is 17.3 Å². The third-order valence-electron chi connectivity index (χ3n) is 7.89. The van der Waals surface area contributed by atoms with Gasteiger partial charge in [0, 0.05) is 31.8 Å². The van der Waals surface area contributed by atoms with E-state index >= 15 is 0 Å². The lowest BCUT2D eigenvalue weighted by Crippen LogP contribution is -2.60. The van der Waals surface area contributed by atoms with Crippen LogP contribution in [0.1, 0.15) is 36.8 Å². The Labute approximate surface area is 187 Å². The maximum atomic E-state index is 12.0. The summed E-state index contributed by atoms with van der Waals surface area (Å²) in [6.07, 6.45) is 7.67. The van der Waals surface area contributed by atoms with Crippen molar-refractivity contribution in [2.24, 2.45) is 11.3 Å². The van der Waals surface area contributed by atoms with Gasteiger partial charge in [0.15, 0.2) is 18.3 Å². The van der Waals surface area contributed by atoms with Gasteiger partial charge in [0.05, 0.1) is 12.8 Å². The summed E-state index contributed by atoms with van der Waals surface area (Å²) in [4.78, 5) is 25.6. The topological polar surface area (TPSA) is 90.8 Å². The van der Waals surface area contributed by atoms with Gasteiger partial charge < -0.3 is 25.0 Å². The van der Waals surface area contributed by atoms with Gasteiger partial charge in [-0.25, -0.2) is 4.98 Å². The van der Waals surface area contributed by atoms with Crippen LogP contribution in [0.4, 0.5) is 23.1 Å². The Bertz CT molecular complexity index is 1080. The number of aldehydes is 1. The number of carbonyl (C=O) groups is 1. The van der Waals surface area contributed by atoms with Crippen LogP contribution in [-0.4, -0.2) is 53.8 Å². The molecule has 0 bridgehead atoms. The van der Waals surface area contributed by atoms with Crippen LogP contribution in [0.15, 0.2) is 18.3 Å². The van der Waals surface area contributed by atoms with Gasteiger partial charge in [-0.3, -0.25) is 4.79 Å². The summed E-state index contributed by atoms with van der Waals surface area (Å²) in [5.74, 6) is 2.77. The number of fused-ring (bicyclic) bond motifs is 2. The predicted octanol–water partition coefficient (Wildman–Crippen LogP) is 2.80. The molecule has 2 aliphatic carbocycles. The lowest BCUT2D eigenvalue weighted by molar-refractivity contribution is -0.109. The molecule has 8 nitrogen and oxygen atoms in total. The average molecular weight is 436 g/mol. The molecule has 168 valence electrons. The molecule has 2 saturated carbocycles. The van der Waals surface area contributed by atoms with Gasteiger partial charge in [0.1, 0.15) is 11.4 Å². The van der Waals surface area contributed by atoms with Crippen LogP contribution in [0.2, 0.25) is 0 Å². The van der Waals surface area contributed by atoms with Crippen LogP contribution in [0.25, 0.3) is 0 Å². The van der Waals surface area contributed by atoms with Gasteiger partial charge in [0.2, 0.25) is 5.95 Å². The quantitative estimate of drug-likeness (QED) is 0.693. The molecule has 0 saturated heterocycles. The molecule has 2 fully saturated rings. The standard InChI is InChI=1S/C24H29N5O3/c1-14-5-20-16(3-4-32-20)6-18(14)26-23-25-11-19-22(27-23)29(21(13-31)28(19)2)17-9-24(10-17)7-15(8-24)12-30/h5-6,11,13,15,17,21,30H,3-4,7-10,12H2,1-2H3,(H,25,26,27). The highest BCUT2D eigenvalue weighted by molar-refractivity contribution is 5.84. The second-order valence-electron chi connectivity index (χ2n) is 9.99. The molecule has 0 radical (unpaired) electrons. The van der Waals surface area contributed by atoms with Crippen LogP contribution >= 0.6 is 0 Å². The summed E-state index contributed by atoms with van der Waals surface area (Å²) >= 11 is 0. The van der Waals surface area contributed by atoms with Crippen molar-refractivity contribution in [3.63, 3.8) is 0 Å². The second-order valence-corrected chi connectivity index (χ2v) is 9.99. The van der Waals surface area contributed by atoms with Crippen molar-refractivity contribution < 1.29 is 14.6 Å². The molecule has 2 N–H and O–H groups in total. The molecule has 0 amide bonds. The van der Waals surface area contributed by atoms with Gasteiger partial charge in [0.25, 0.3) is 0 Å². The van der Waals surface area contributed by atoms with Gasteiger partial charge in [-0.05, 0) is 67.2 Å². The zero-order valence-corrected chi connectivity index (χ0v) is 18.5. The first kappa shape index (κ1) is 19.8. The van der Waals surface area contributed by atoms with Crippen molar-refractivity contribution in [3.05, 3.63) is 29.5 Å². The Balaban J connectivity index is 1.27. The molecule has 2 aliphatic heterocycles. The number of anilines is 4. The van der Waals surface area contributed by atoms with Crippen LogP contribution in [-0.2, 0) is 11.2 Å². The number of hydrogen-bond donors (Lipinski definition) is 2. The number of rotatable bonds is 5. The Hall–Kier alpha value is -2.87. The fraction of sp³-hybridized carbons (Fsp3) is 0.542. The largest absolute Gasteiger partial charge is 0.493 e. The third-order valence-corrected chi connectivity index (χ3v) is 7.89. The summed E-state index contributed by atoms with van der Waals surface area (Å²) in [5, 5.41) is 12.8. The average Bonchev–Trinajstić information content (AvgIpc) is 3.28. The van der Waals surface area contributed by atoms with Gasteiger partial charge in [-0.1, -0.05) is 0 Å². The molecule has 3 heterocycles. The molecular formula is C24H29N5O3. The lowest BCUT2D eigenvalue weighted by Gasteiger charge is -2.60. The van der Waals surface area contributed by atoms with Crippen molar-refractivity contribution in [2.75, 3.05) is 35.4 Å². The van der Waals surface area contributed by atoms with E-state index in [1.165, 1.54) is 5.56 Å². The molecule has 1 aromatic carbocycles. The number of aliphatic hydroxyl groups is 1. The molecule has 32 heavy (non-hydrogen) atoms. The molecule has 8 heteroatoms. The molecule has 1 unspecified atom stereocenters. The fourth-order valence-corrected chi connectivity index (χ4v) is 6.21. The SMILES string of the molecule is Cc1cc2c(cc1Nc1ncc3c(n1)N(C1CC4(CC(CO)C4)C1)C(C=O)N3C)CCO2. The third kappa shape index (κ3) is 2.88. The maximum absolute atomic E-state index is 12.0. The summed E-state index contributed by atoms with van der Waals surface area (Å²) in [6, 6.07) is 4.47. The molecule has 6 rings (SSSR count). The highest BCUT2D eigenvalue weighted by atomic mass is 16.5. The number of aliphatic hydroxyl groups excluding tert-OH is 1. The molecular weight excluding hydrogens is 406 g/mol. The van der Waals surface area contributed by atoms with Crippen LogP contribution in [0, 0.1) is 18.3 Å². The first-order chi connectivity index (χ1) is 15.5. The fourth-order valence-electron chi connectivity index (χ4n) is 6.21. The van der Waals surface area contributed by atoms with E-state index in [1.54, 1.807) is 0 Å². The number of ether oxygens (including phenoxy) is 1. The summed E-state index contributed by atoms with van der Waals surface area (Å²) in [6.45, 7) is 3.06. The zero-order chi connectivity index (χ0) is 22.0. The lowest BCUT2D eigenvalue weighted by atomic mass is 9.50. The van der Waals surface area contributed by atoms with Crippen LogP contribution in [0.3, 0.4) is 0 Å². The van der Waals surface area contributed by atoms with Crippen molar-refractivity contribution in [2.45, 2.75) is 51.2 Å². The van der Waals surface area contributed by atoms with E-state index in [1.807, 2.05) is 25.1 Å². The Morgan fingerprint density at radius 2 is 2.12 bits per heavy atom. The Morgan fingerprint density at radius 1 is 1.31 bits per heavy atom. The van der Waals surface area contributed by atoms with E-state index in [0.717, 1.165) is 73.5 Å². The highest BCUT2D eigenvalue weighted by Gasteiger charge is 2.56. The highest BCUT2D eigenvalue weighted by Crippen LogP contribution is 2.61. The monoisotopic (exact) mass is 435 g/mol. The van der Waals surface area contributed by atoms with E-state index in [4.69, 9.17) is 9.72 Å². The number of nitrogens with one attached hydrogen (secondary N) is 1. The summed E-state index contributed by atoms with van der Waals surface area (Å²) in [5.41, 5.74) is 4.49. The van der Waals surface area contributed by atoms with Crippen molar-refractivity contribution in [1.29, 1.82) is 0 Å².